The first-order valence-corrected chi connectivity index (χ1v) is 9.85. The highest BCUT2D eigenvalue weighted by molar-refractivity contribution is 5.95. The first kappa shape index (κ1) is 20.2. The van der Waals surface area contributed by atoms with Crippen LogP contribution in [0.25, 0.3) is 17.1 Å². The van der Waals surface area contributed by atoms with Gasteiger partial charge in [-0.25, -0.2) is 9.37 Å². The van der Waals surface area contributed by atoms with Crippen molar-refractivity contribution in [3.63, 3.8) is 0 Å². The van der Waals surface area contributed by atoms with Gasteiger partial charge in [-0.3, -0.25) is 4.79 Å². The van der Waals surface area contributed by atoms with Crippen LogP contribution in [0.4, 0.5) is 18.9 Å². The molecule has 8 nitrogen and oxygen atoms in total. The number of carbonyl (C=O) groups is 1. The number of alkyl halides is 2. The van der Waals surface area contributed by atoms with Crippen molar-refractivity contribution in [3.05, 3.63) is 66.2 Å². The number of halogens is 3. The van der Waals surface area contributed by atoms with E-state index in [1.54, 1.807) is 41.1 Å². The predicted molar refractivity (Wildman–Crippen MR) is 107 cm³/mol. The van der Waals surface area contributed by atoms with Gasteiger partial charge in [-0.05, 0) is 30.3 Å². The number of nitrogens with one attached hydrogen (secondary N) is 1. The fraction of sp³-hybridized carbons (Fsp3) is 0.238. The Hall–Kier alpha value is -3.73. The topological polar surface area (TPSA) is 88.6 Å². The summed E-state index contributed by atoms with van der Waals surface area (Å²) in [6, 6.07) is 9.12. The van der Waals surface area contributed by atoms with Gasteiger partial charge in [0.15, 0.2) is 0 Å². The van der Waals surface area contributed by atoms with E-state index in [1.807, 2.05) is 0 Å². The van der Waals surface area contributed by atoms with Crippen LogP contribution in [0.2, 0.25) is 0 Å². The van der Waals surface area contributed by atoms with Crippen LogP contribution in [0.15, 0.2) is 53.2 Å². The maximum Gasteiger partial charge on any atom is 0.314 e. The molecule has 11 heteroatoms. The van der Waals surface area contributed by atoms with E-state index in [9.17, 15) is 18.0 Å². The lowest BCUT2D eigenvalue weighted by molar-refractivity contribution is -0.123. The van der Waals surface area contributed by atoms with Gasteiger partial charge in [0.05, 0.1) is 18.2 Å². The van der Waals surface area contributed by atoms with E-state index in [1.165, 1.54) is 17.0 Å². The Morgan fingerprint density at radius 1 is 1.25 bits per heavy atom. The van der Waals surface area contributed by atoms with E-state index in [-0.39, 0.29) is 24.3 Å². The van der Waals surface area contributed by atoms with E-state index in [0.717, 1.165) is 0 Å². The van der Waals surface area contributed by atoms with Gasteiger partial charge in [0.2, 0.25) is 11.8 Å². The van der Waals surface area contributed by atoms with Crippen molar-refractivity contribution in [1.29, 1.82) is 0 Å². The van der Waals surface area contributed by atoms with Gasteiger partial charge < -0.3 is 19.0 Å². The third-order valence-corrected chi connectivity index (χ3v) is 5.22. The van der Waals surface area contributed by atoms with Crippen LogP contribution < -0.4 is 10.2 Å². The monoisotopic (exact) mass is 442 g/mol. The average Bonchev–Trinajstić information content (AvgIpc) is 3.37. The molecule has 0 bridgehead atoms. The van der Waals surface area contributed by atoms with Crippen molar-refractivity contribution in [1.82, 2.24) is 24.9 Å². The molecular formula is C21H17F3N6O2. The van der Waals surface area contributed by atoms with Crippen LogP contribution >= 0.6 is 0 Å². The molecular weight excluding hydrogens is 425 g/mol. The van der Waals surface area contributed by atoms with Crippen molar-refractivity contribution in [2.75, 3.05) is 18.0 Å². The minimum absolute atomic E-state index is 0.0404. The molecule has 0 aliphatic carbocycles. The molecule has 0 unspecified atom stereocenters. The summed E-state index contributed by atoms with van der Waals surface area (Å²) in [4.78, 5) is 19.0. The maximum atomic E-state index is 13.8. The van der Waals surface area contributed by atoms with Crippen molar-refractivity contribution in [2.24, 2.45) is 5.92 Å². The predicted octanol–water partition coefficient (Wildman–Crippen LogP) is 3.21. The molecule has 1 aliphatic heterocycles. The molecule has 1 saturated heterocycles. The smallest absolute Gasteiger partial charge is 0.314 e. The lowest BCUT2D eigenvalue weighted by atomic mass is 10.0. The number of rotatable bonds is 6. The molecule has 0 spiro atoms. The van der Waals surface area contributed by atoms with E-state index < -0.39 is 18.1 Å². The second kappa shape index (κ2) is 8.08. The summed E-state index contributed by atoms with van der Waals surface area (Å²) in [5, 5.41) is 10.0. The molecule has 1 aliphatic rings. The molecule has 1 aromatic carbocycles. The third kappa shape index (κ3) is 3.82. The van der Waals surface area contributed by atoms with Crippen LogP contribution in [-0.4, -0.2) is 38.6 Å². The summed E-state index contributed by atoms with van der Waals surface area (Å²) >= 11 is 0. The van der Waals surface area contributed by atoms with Crippen LogP contribution in [-0.2, 0) is 11.3 Å². The Bertz CT molecular complexity index is 1280. The highest BCUT2D eigenvalue weighted by Crippen LogP contribution is 2.25. The summed E-state index contributed by atoms with van der Waals surface area (Å²) in [6.07, 6.45) is 0.573. The number of benzene rings is 1. The number of nitrogens with zero attached hydrogens (tertiary/aromatic N) is 5. The van der Waals surface area contributed by atoms with Crippen molar-refractivity contribution in [3.8, 4) is 11.5 Å². The molecule has 0 saturated carbocycles. The number of amides is 1. The molecule has 4 heterocycles. The molecule has 0 atom stereocenters. The van der Waals surface area contributed by atoms with E-state index in [2.05, 4.69) is 20.5 Å². The van der Waals surface area contributed by atoms with Gasteiger partial charge in [-0.15, -0.1) is 10.2 Å². The van der Waals surface area contributed by atoms with Gasteiger partial charge in [-0.1, -0.05) is 6.07 Å². The lowest BCUT2D eigenvalue weighted by Crippen LogP contribution is -2.52. The molecule has 1 fully saturated rings. The van der Waals surface area contributed by atoms with Crippen molar-refractivity contribution >= 4 is 17.2 Å². The van der Waals surface area contributed by atoms with Crippen LogP contribution in [0, 0.1) is 11.7 Å². The summed E-state index contributed by atoms with van der Waals surface area (Å²) in [5.41, 5.74) is 1.97. The number of aromatic nitrogens is 4. The average molecular weight is 442 g/mol. The molecule has 1 N–H and O–H groups in total. The Labute approximate surface area is 179 Å². The highest BCUT2D eigenvalue weighted by Gasteiger charge is 2.30. The van der Waals surface area contributed by atoms with E-state index in [4.69, 9.17) is 4.42 Å². The molecule has 0 radical (unpaired) electrons. The van der Waals surface area contributed by atoms with Crippen molar-refractivity contribution in [2.45, 2.75) is 13.0 Å². The Kier molecular flexibility index (Phi) is 5.10. The normalized spacial score (nSPS) is 14.1. The number of anilines is 1. The zero-order chi connectivity index (χ0) is 22.2. The highest BCUT2D eigenvalue weighted by atomic mass is 19.3. The van der Waals surface area contributed by atoms with Crippen LogP contribution in [0.1, 0.15) is 18.0 Å². The fourth-order valence-corrected chi connectivity index (χ4v) is 3.47. The SMILES string of the molecule is O=C(C1CNC1)N(Cc1cn2ccc(-c3nnc(C(F)F)o3)cc2n1)c1cccc(F)c1. The Balaban J connectivity index is 1.45. The number of pyridine rings is 1. The van der Waals surface area contributed by atoms with Crippen LogP contribution in [0.3, 0.4) is 0 Å². The molecule has 4 aromatic rings. The van der Waals surface area contributed by atoms with Gasteiger partial charge in [0, 0.05) is 36.7 Å². The first-order chi connectivity index (χ1) is 15.5. The Morgan fingerprint density at radius 2 is 2.09 bits per heavy atom. The third-order valence-electron chi connectivity index (χ3n) is 5.22. The van der Waals surface area contributed by atoms with Gasteiger partial charge >= 0.3 is 6.43 Å². The standard InChI is InChI=1S/C21H17F3N6O2/c22-14-2-1-3-16(7-14)30(21(31)13-8-25-9-13)11-15-10-29-5-4-12(6-17(29)26-15)19-27-28-20(32-19)18(23)24/h1-7,10,13,18,25H,8-9,11H2. The fourth-order valence-electron chi connectivity index (χ4n) is 3.47. The Morgan fingerprint density at radius 3 is 2.78 bits per heavy atom. The second-order valence-electron chi connectivity index (χ2n) is 7.42. The van der Waals surface area contributed by atoms with Gasteiger partial charge in [0.1, 0.15) is 11.5 Å². The zero-order valence-electron chi connectivity index (χ0n) is 16.6. The summed E-state index contributed by atoms with van der Waals surface area (Å²) < 4.78 is 46.0. The first-order valence-electron chi connectivity index (χ1n) is 9.85. The van der Waals surface area contributed by atoms with Gasteiger partial charge in [0.25, 0.3) is 5.89 Å². The zero-order valence-corrected chi connectivity index (χ0v) is 16.6. The van der Waals surface area contributed by atoms with Crippen molar-refractivity contribution < 1.29 is 22.4 Å². The summed E-state index contributed by atoms with van der Waals surface area (Å²) in [5.74, 6) is -1.52. The number of hydrogen-bond acceptors (Lipinski definition) is 6. The second-order valence-corrected chi connectivity index (χ2v) is 7.42. The molecule has 164 valence electrons. The molecule has 32 heavy (non-hydrogen) atoms. The summed E-state index contributed by atoms with van der Waals surface area (Å²) in [7, 11) is 0. The number of imidazole rings is 1. The minimum Gasteiger partial charge on any atom is -0.415 e. The molecule has 1 amide bonds. The summed E-state index contributed by atoms with van der Waals surface area (Å²) in [6.45, 7) is 1.29. The quantitative estimate of drug-likeness (QED) is 0.493. The molecule has 5 rings (SSSR count). The number of fused-ring (bicyclic) bond motifs is 1. The minimum atomic E-state index is -2.85. The lowest BCUT2D eigenvalue weighted by Gasteiger charge is -2.32. The molecule has 3 aromatic heterocycles. The van der Waals surface area contributed by atoms with E-state index in [0.29, 0.717) is 35.7 Å². The number of hydrogen-bond donors (Lipinski definition) is 1. The van der Waals surface area contributed by atoms with Gasteiger partial charge in [-0.2, -0.15) is 8.78 Å². The largest absolute Gasteiger partial charge is 0.415 e. The van der Waals surface area contributed by atoms with E-state index >= 15 is 0 Å². The maximum absolute atomic E-state index is 13.8. The van der Waals surface area contributed by atoms with Crippen LogP contribution in [0.5, 0.6) is 0 Å². The number of carbonyl (C=O) groups excluding carboxylic acids is 1.